The molecule has 0 aromatic heterocycles. The predicted molar refractivity (Wildman–Crippen MR) is 127 cm³/mol. The molecule has 5 rings (SSSR count). The molecule has 1 atom stereocenters. The third-order valence-electron chi connectivity index (χ3n) is 5.76. The van der Waals surface area contributed by atoms with E-state index in [1.807, 2.05) is 97.1 Å². The number of ketones is 1. The van der Waals surface area contributed by atoms with Crippen molar-refractivity contribution in [2.24, 2.45) is 0 Å². The lowest BCUT2D eigenvalue weighted by atomic mass is 9.75. The Hall–Kier alpha value is -2.99. The Morgan fingerprint density at radius 2 is 1.43 bits per heavy atom. The number of fused-ring (bicyclic) bond motifs is 1. The van der Waals surface area contributed by atoms with Crippen molar-refractivity contribution in [3.8, 4) is 0 Å². The highest BCUT2D eigenvalue weighted by Crippen LogP contribution is 2.49. The van der Waals surface area contributed by atoms with Crippen LogP contribution in [-0.2, 0) is 11.3 Å². The zero-order chi connectivity index (χ0) is 20.7. The number of Topliss-reactive ketones (excluding diaryl/α,β-unsaturated/α-hetero) is 1. The molecule has 4 heteroatoms. The quantitative estimate of drug-likeness (QED) is 0.442. The van der Waals surface area contributed by atoms with Gasteiger partial charge in [0.1, 0.15) is 0 Å². The molecule has 3 aromatic rings. The van der Waals surface area contributed by atoms with E-state index in [4.69, 9.17) is 0 Å². The minimum Gasteiger partial charge on any atom is -0.313 e. The summed E-state index contributed by atoms with van der Waals surface area (Å²) in [5.41, 5.74) is 3.02. The minimum absolute atomic E-state index is 0.0598. The second-order valence-corrected chi connectivity index (χ2v) is 8.53. The van der Waals surface area contributed by atoms with E-state index in [1.165, 1.54) is 0 Å². The zero-order valence-corrected chi connectivity index (χ0v) is 18.2. The van der Waals surface area contributed by atoms with Gasteiger partial charge in [0.05, 0.1) is 3.58 Å². The second kappa shape index (κ2) is 7.36. The van der Waals surface area contributed by atoms with Gasteiger partial charge in [-0.2, -0.15) is 0 Å². The predicted octanol–water partition coefficient (Wildman–Crippen LogP) is 5.52. The Kier molecular flexibility index (Phi) is 4.66. The van der Waals surface area contributed by atoms with Crippen molar-refractivity contribution < 1.29 is 9.59 Å². The first-order valence-corrected chi connectivity index (χ1v) is 10.9. The molecule has 146 valence electrons. The number of halogens is 1. The summed E-state index contributed by atoms with van der Waals surface area (Å²) >= 11 is 2.11. The van der Waals surface area contributed by atoms with E-state index in [2.05, 4.69) is 22.6 Å². The van der Waals surface area contributed by atoms with Crippen molar-refractivity contribution in [1.29, 1.82) is 0 Å². The fourth-order valence-corrected chi connectivity index (χ4v) is 5.37. The molecule has 3 nitrogen and oxygen atoms in total. The zero-order valence-electron chi connectivity index (χ0n) is 16.1. The van der Waals surface area contributed by atoms with Crippen molar-refractivity contribution in [1.82, 2.24) is 4.90 Å². The number of carbonyl (C=O) groups is 2. The molecule has 0 fully saturated rings. The van der Waals surface area contributed by atoms with E-state index < -0.39 is 5.54 Å². The lowest BCUT2D eigenvalue weighted by Crippen LogP contribution is -2.53. The number of hydrogen-bond donors (Lipinski definition) is 0. The highest BCUT2D eigenvalue weighted by molar-refractivity contribution is 14.1. The highest BCUT2D eigenvalue weighted by atomic mass is 127. The van der Waals surface area contributed by atoms with Gasteiger partial charge in [0, 0.05) is 17.7 Å². The molecule has 0 N–H and O–H groups in total. The summed E-state index contributed by atoms with van der Waals surface area (Å²) in [5.74, 6) is -0.175. The van der Waals surface area contributed by atoms with Gasteiger partial charge in [0.25, 0.3) is 5.91 Å². The Balaban J connectivity index is 1.74. The molecule has 0 saturated carbocycles. The van der Waals surface area contributed by atoms with Crippen LogP contribution in [0.3, 0.4) is 0 Å². The van der Waals surface area contributed by atoms with Crippen molar-refractivity contribution in [3.63, 3.8) is 0 Å². The number of hydrogen-bond acceptors (Lipinski definition) is 2. The largest absolute Gasteiger partial charge is 0.313 e. The molecule has 30 heavy (non-hydrogen) atoms. The molecular formula is C26H18INO2. The van der Waals surface area contributed by atoms with Crippen LogP contribution in [0.15, 0.2) is 94.6 Å². The molecule has 0 bridgehead atoms. The van der Waals surface area contributed by atoms with Crippen LogP contribution in [-0.4, -0.2) is 22.1 Å². The molecule has 2 aliphatic rings. The van der Waals surface area contributed by atoms with Crippen LogP contribution in [0.5, 0.6) is 0 Å². The van der Waals surface area contributed by atoms with Crippen molar-refractivity contribution in [3.05, 3.63) is 117 Å². The summed E-state index contributed by atoms with van der Waals surface area (Å²) in [4.78, 5) is 29.3. The van der Waals surface area contributed by atoms with Gasteiger partial charge in [-0.3, -0.25) is 9.59 Å². The fraction of sp³-hybridized carbons (Fsp3) is 0.0769. The monoisotopic (exact) mass is 503 g/mol. The van der Waals surface area contributed by atoms with E-state index in [1.54, 1.807) is 4.90 Å². The van der Waals surface area contributed by atoms with Gasteiger partial charge in [0.2, 0.25) is 0 Å². The van der Waals surface area contributed by atoms with Crippen molar-refractivity contribution >= 4 is 45.9 Å². The van der Waals surface area contributed by atoms with Gasteiger partial charge in [-0.1, -0.05) is 91.0 Å². The molecule has 1 amide bonds. The Bertz CT molecular complexity index is 1210. The number of benzene rings is 3. The summed E-state index contributed by atoms with van der Waals surface area (Å²) in [6.07, 6.45) is 3.88. The number of amides is 1. The Morgan fingerprint density at radius 1 is 0.800 bits per heavy atom. The topological polar surface area (TPSA) is 37.4 Å². The summed E-state index contributed by atoms with van der Waals surface area (Å²) in [7, 11) is 0. The van der Waals surface area contributed by atoms with Gasteiger partial charge in [-0.25, -0.2) is 0 Å². The summed E-state index contributed by atoms with van der Waals surface area (Å²) in [6, 6.07) is 27.2. The maximum Gasteiger partial charge on any atom is 0.262 e. The van der Waals surface area contributed by atoms with Crippen molar-refractivity contribution in [2.75, 3.05) is 0 Å². The van der Waals surface area contributed by atoms with Gasteiger partial charge < -0.3 is 4.90 Å². The van der Waals surface area contributed by atoms with Crippen LogP contribution in [0.2, 0.25) is 0 Å². The minimum atomic E-state index is -1.15. The highest BCUT2D eigenvalue weighted by Gasteiger charge is 2.56. The average Bonchev–Trinajstić information content (AvgIpc) is 3.00. The SMILES string of the molecule is O=C1C(I)=C(c2ccccc2)C2(C=Cc3ccccc3C2=O)N1Cc1ccccc1. The van der Waals surface area contributed by atoms with E-state index in [9.17, 15) is 9.59 Å². The van der Waals surface area contributed by atoms with Gasteiger partial charge >= 0.3 is 0 Å². The molecule has 0 saturated heterocycles. The fourth-order valence-electron chi connectivity index (χ4n) is 4.35. The third-order valence-corrected chi connectivity index (χ3v) is 6.76. The van der Waals surface area contributed by atoms with Crippen molar-refractivity contribution in [2.45, 2.75) is 12.1 Å². The average molecular weight is 503 g/mol. The van der Waals surface area contributed by atoms with Gasteiger partial charge in [0.15, 0.2) is 11.3 Å². The van der Waals surface area contributed by atoms with E-state index in [0.29, 0.717) is 15.7 Å². The van der Waals surface area contributed by atoms with E-state index in [-0.39, 0.29) is 11.7 Å². The van der Waals surface area contributed by atoms with Crippen LogP contribution in [0.4, 0.5) is 0 Å². The standard InChI is InChI=1S/C26H18INO2/c27-23-22(20-12-5-2-6-13-20)26(16-15-19-11-7-8-14-21(19)24(26)29)28(25(23)30)17-18-9-3-1-4-10-18/h1-16H,17H2. The molecular weight excluding hydrogens is 485 g/mol. The van der Waals surface area contributed by atoms with Crippen LogP contribution in [0.1, 0.15) is 27.0 Å². The molecule has 3 aromatic carbocycles. The molecule has 1 aliphatic heterocycles. The molecule has 1 spiro atoms. The number of carbonyl (C=O) groups excluding carboxylic acids is 2. The second-order valence-electron chi connectivity index (χ2n) is 7.45. The number of nitrogens with zero attached hydrogens (tertiary/aromatic N) is 1. The maximum absolute atomic E-state index is 14.0. The van der Waals surface area contributed by atoms with Crippen LogP contribution in [0.25, 0.3) is 11.6 Å². The number of rotatable bonds is 3. The van der Waals surface area contributed by atoms with Gasteiger partial charge in [-0.05, 0) is 45.4 Å². The smallest absolute Gasteiger partial charge is 0.262 e. The lowest BCUT2D eigenvalue weighted by molar-refractivity contribution is -0.127. The molecule has 1 unspecified atom stereocenters. The first-order valence-electron chi connectivity index (χ1n) is 9.77. The summed E-state index contributed by atoms with van der Waals surface area (Å²) < 4.78 is 0.590. The third kappa shape index (κ3) is 2.78. The normalized spacial score (nSPS) is 20.2. The first-order chi connectivity index (χ1) is 14.6. The first kappa shape index (κ1) is 19.0. The van der Waals surface area contributed by atoms with Gasteiger partial charge in [-0.15, -0.1) is 0 Å². The molecule has 1 heterocycles. The van der Waals surface area contributed by atoms with E-state index in [0.717, 1.165) is 22.3 Å². The van der Waals surface area contributed by atoms with Crippen LogP contribution in [0, 0.1) is 0 Å². The van der Waals surface area contributed by atoms with Crippen LogP contribution >= 0.6 is 22.6 Å². The Labute approximate surface area is 188 Å². The van der Waals surface area contributed by atoms with E-state index >= 15 is 0 Å². The lowest BCUT2D eigenvalue weighted by Gasteiger charge is -2.39. The molecule has 1 aliphatic carbocycles. The summed E-state index contributed by atoms with van der Waals surface area (Å²) in [5, 5.41) is 0. The Morgan fingerprint density at radius 3 is 2.17 bits per heavy atom. The molecule has 0 radical (unpaired) electrons. The summed E-state index contributed by atoms with van der Waals surface area (Å²) in [6.45, 7) is 0.362. The maximum atomic E-state index is 14.0. The van der Waals surface area contributed by atoms with Crippen LogP contribution < -0.4 is 0 Å².